The van der Waals surface area contributed by atoms with Crippen molar-refractivity contribution in [2.45, 2.75) is 6.42 Å². The van der Waals surface area contributed by atoms with E-state index in [0.717, 1.165) is 17.9 Å². The van der Waals surface area contributed by atoms with Crippen LogP contribution in [-0.2, 0) is 0 Å². The number of nitrogens with one attached hydrogen (secondary N) is 1. The number of carbonyl (C=O) groups excluding carboxylic acids is 1. The molecule has 1 aliphatic rings. The van der Waals surface area contributed by atoms with Gasteiger partial charge in [0.05, 0.1) is 18.4 Å². The van der Waals surface area contributed by atoms with Crippen LogP contribution in [0.5, 0.6) is 5.75 Å². The summed E-state index contributed by atoms with van der Waals surface area (Å²) < 4.78 is 5.16. The van der Waals surface area contributed by atoms with Crippen molar-refractivity contribution in [3.63, 3.8) is 0 Å². The van der Waals surface area contributed by atoms with E-state index in [-0.39, 0.29) is 11.6 Å². The molecule has 0 aliphatic carbocycles. The van der Waals surface area contributed by atoms with E-state index in [0.29, 0.717) is 24.5 Å². The van der Waals surface area contributed by atoms with Crippen LogP contribution in [0.2, 0.25) is 0 Å². The Labute approximate surface area is 127 Å². The van der Waals surface area contributed by atoms with Crippen molar-refractivity contribution in [1.29, 1.82) is 0 Å². The zero-order valence-corrected chi connectivity index (χ0v) is 12.6. The molecule has 2 rings (SSSR count). The predicted octanol–water partition coefficient (Wildman–Crippen LogP) is 2.36. The minimum Gasteiger partial charge on any atom is -0.495 e. The number of benzene rings is 1. The molecule has 0 radical (unpaired) electrons. The lowest BCUT2D eigenvalue weighted by Gasteiger charge is -2.21. The van der Waals surface area contributed by atoms with Crippen LogP contribution in [0.15, 0.2) is 18.2 Å². The number of rotatable bonds is 3. The molecule has 1 fully saturated rings. The molecule has 7 heteroatoms. The maximum absolute atomic E-state index is 12.3. The third kappa shape index (κ3) is 4.04. The molecular weight excluding hydrogens is 292 g/mol. The fraction of sp³-hybridized carbons (Fsp3) is 0.429. The van der Waals surface area contributed by atoms with Gasteiger partial charge in [-0.25, -0.2) is 9.59 Å². The molecule has 6 nitrogen and oxygen atoms in total. The zero-order valence-electron chi connectivity index (χ0n) is 11.8. The van der Waals surface area contributed by atoms with E-state index in [1.807, 2.05) is 11.8 Å². The van der Waals surface area contributed by atoms with Crippen molar-refractivity contribution in [2.24, 2.45) is 0 Å². The fourth-order valence-corrected chi connectivity index (χ4v) is 2.97. The minimum absolute atomic E-state index is 0.109. The van der Waals surface area contributed by atoms with Crippen LogP contribution in [0, 0.1) is 0 Å². The molecule has 1 aromatic rings. The van der Waals surface area contributed by atoms with E-state index in [1.54, 1.807) is 4.90 Å². The Morgan fingerprint density at radius 3 is 2.86 bits per heavy atom. The molecule has 0 unspecified atom stereocenters. The van der Waals surface area contributed by atoms with Crippen molar-refractivity contribution < 1.29 is 19.4 Å². The van der Waals surface area contributed by atoms with Gasteiger partial charge in [-0.2, -0.15) is 11.8 Å². The van der Waals surface area contributed by atoms with Crippen LogP contribution in [0.4, 0.5) is 10.5 Å². The van der Waals surface area contributed by atoms with Gasteiger partial charge in [0, 0.05) is 18.8 Å². The smallest absolute Gasteiger partial charge is 0.335 e. The minimum atomic E-state index is -1.04. The van der Waals surface area contributed by atoms with E-state index in [9.17, 15) is 9.59 Å². The first kappa shape index (κ1) is 15.5. The predicted molar refractivity (Wildman–Crippen MR) is 82.5 cm³/mol. The lowest BCUT2D eigenvalue weighted by atomic mass is 10.2. The highest BCUT2D eigenvalue weighted by atomic mass is 32.2. The van der Waals surface area contributed by atoms with E-state index >= 15 is 0 Å². The highest BCUT2D eigenvalue weighted by Crippen LogP contribution is 2.26. The van der Waals surface area contributed by atoms with Gasteiger partial charge < -0.3 is 20.1 Å². The summed E-state index contributed by atoms with van der Waals surface area (Å²) in [5.74, 6) is 1.37. The number of aromatic carboxylic acids is 1. The molecule has 21 heavy (non-hydrogen) atoms. The SMILES string of the molecule is COc1ccc(C(=O)O)cc1NC(=O)N1CCCSCC1. The monoisotopic (exact) mass is 310 g/mol. The number of nitrogens with zero attached hydrogens (tertiary/aromatic N) is 1. The normalized spacial score (nSPS) is 15.2. The quantitative estimate of drug-likeness (QED) is 0.896. The zero-order chi connectivity index (χ0) is 15.2. The van der Waals surface area contributed by atoms with Gasteiger partial charge in [-0.3, -0.25) is 0 Å². The Morgan fingerprint density at radius 1 is 1.33 bits per heavy atom. The van der Waals surface area contributed by atoms with E-state index < -0.39 is 5.97 Å². The lowest BCUT2D eigenvalue weighted by molar-refractivity contribution is 0.0697. The highest BCUT2D eigenvalue weighted by Gasteiger charge is 2.18. The number of carboxylic acids is 1. The summed E-state index contributed by atoms with van der Waals surface area (Å²) in [4.78, 5) is 25.0. The van der Waals surface area contributed by atoms with Crippen molar-refractivity contribution in [3.8, 4) is 5.75 Å². The number of hydrogen-bond donors (Lipinski definition) is 2. The Morgan fingerprint density at radius 2 is 2.14 bits per heavy atom. The average Bonchev–Trinajstić information content (AvgIpc) is 2.76. The molecule has 2 amide bonds. The van der Waals surface area contributed by atoms with Crippen LogP contribution in [0.25, 0.3) is 0 Å². The summed E-state index contributed by atoms with van der Waals surface area (Å²) >= 11 is 1.83. The first-order chi connectivity index (χ1) is 10.1. The van der Waals surface area contributed by atoms with Gasteiger partial charge in [0.15, 0.2) is 0 Å². The topological polar surface area (TPSA) is 78.9 Å². The van der Waals surface area contributed by atoms with Crippen LogP contribution in [-0.4, -0.2) is 53.7 Å². The molecular formula is C14H18N2O4S. The van der Waals surface area contributed by atoms with Gasteiger partial charge in [0.2, 0.25) is 0 Å². The standard InChI is InChI=1S/C14H18N2O4S/c1-20-12-4-3-10(13(17)18)9-11(12)15-14(19)16-5-2-7-21-8-6-16/h3-4,9H,2,5-8H2,1H3,(H,15,19)(H,17,18). The van der Waals surface area contributed by atoms with E-state index in [1.165, 1.54) is 25.3 Å². The Kier molecular flexibility index (Phi) is 5.32. The largest absolute Gasteiger partial charge is 0.495 e. The second kappa shape index (κ2) is 7.21. The Hall–Kier alpha value is -1.89. The van der Waals surface area contributed by atoms with Crippen molar-refractivity contribution in [1.82, 2.24) is 4.90 Å². The number of hydrogen-bond acceptors (Lipinski definition) is 4. The molecule has 1 aromatic carbocycles. The summed E-state index contributed by atoms with van der Waals surface area (Å²) in [7, 11) is 1.48. The molecule has 1 heterocycles. The van der Waals surface area contributed by atoms with Crippen molar-refractivity contribution in [3.05, 3.63) is 23.8 Å². The number of urea groups is 1. The maximum atomic E-state index is 12.3. The molecule has 0 atom stereocenters. The number of methoxy groups -OCH3 is 1. The fourth-order valence-electron chi connectivity index (χ4n) is 2.08. The van der Waals surface area contributed by atoms with E-state index in [2.05, 4.69) is 5.32 Å². The Bertz CT molecular complexity index is 528. The second-order valence-corrected chi connectivity index (χ2v) is 5.83. The number of amides is 2. The van der Waals surface area contributed by atoms with Crippen molar-refractivity contribution in [2.75, 3.05) is 37.0 Å². The molecule has 0 bridgehead atoms. The van der Waals surface area contributed by atoms with Crippen LogP contribution < -0.4 is 10.1 Å². The van der Waals surface area contributed by atoms with Crippen molar-refractivity contribution >= 4 is 29.4 Å². The highest BCUT2D eigenvalue weighted by molar-refractivity contribution is 7.99. The molecule has 114 valence electrons. The summed E-state index contributed by atoms with van der Waals surface area (Å²) in [5, 5.41) is 11.8. The third-order valence-electron chi connectivity index (χ3n) is 3.20. The third-order valence-corrected chi connectivity index (χ3v) is 4.25. The molecule has 2 N–H and O–H groups in total. The Balaban J connectivity index is 2.14. The number of carbonyl (C=O) groups is 2. The second-order valence-electron chi connectivity index (χ2n) is 4.60. The van der Waals surface area contributed by atoms with Gasteiger partial charge in [0.1, 0.15) is 5.75 Å². The van der Waals surface area contributed by atoms with Crippen LogP contribution >= 0.6 is 11.8 Å². The molecule has 1 aliphatic heterocycles. The first-order valence-corrected chi connectivity index (χ1v) is 7.82. The number of ether oxygens (including phenoxy) is 1. The van der Waals surface area contributed by atoms with Gasteiger partial charge in [0.25, 0.3) is 0 Å². The van der Waals surface area contributed by atoms with Gasteiger partial charge in [-0.15, -0.1) is 0 Å². The van der Waals surface area contributed by atoms with Crippen LogP contribution in [0.1, 0.15) is 16.8 Å². The first-order valence-electron chi connectivity index (χ1n) is 6.67. The number of anilines is 1. The van der Waals surface area contributed by atoms with Crippen LogP contribution in [0.3, 0.4) is 0 Å². The van der Waals surface area contributed by atoms with E-state index in [4.69, 9.17) is 9.84 Å². The molecule has 1 saturated heterocycles. The number of thioether (sulfide) groups is 1. The average molecular weight is 310 g/mol. The van der Waals surface area contributed by atoms with Gasteiger partial charge in [-0.05, 0) is 30.4 Å². The lowest BCUT2D eigenvalue weighted by Crippen LogP contribution is -2.36. The summed E-state index contributed by atoms with van der Waals surface area (Å²) in [6.45, 7) is 1.40. The van der Waals surface area contributed by atoms with Gasteiger partial charge in [-0.1, -0.05) is 0 Å². The number of carboxylic acid groups (broad SMARTS) is 1. The van der Waals surface area contributed by atoms with Gasteiger partial charge >= 0.3 is 12.0 Å². The summed E-state index contributed by atoms with van der Waals surface area (Å²) in [6, 6.07) is 4.17. The molecule has 0 saturated carbocycles. The summed E-state index contributed by atoms with van der Waals surface area (Å²) in [6.07, 6.45) is 0.963. The molecule has 0 aromatic heterocycles. The molecule has 0 spiro atoms. The summed E-state index contributed by atoms with van der Waals surface area (Å²) in [5.41, 5.74) is 0.483. The maximum Gasteiger partial charge on any atom is 0.335 e.